The number of benzene rings is 3. The number of rotatable bonds is 13. The molecule has 3 saturated heterocycles. The lowest BCUT2D eigenvalue weighted by Gasteiger charge is -2.44. The van der Waals surface area contributed by atoms with E-state index < -0.39 is 18.1 Å². The quantitative estimate of drug-likeness (QED) is 0.0915. The van der Waals surface area contributed by atoms with Gasteiger partial charge < -0.3 is 34.2 Å². The zero-order valence-electron chi connectivity index (χ0n) is 28.5. The summed E-state index contributed by atoms with van der Waals surface area (Å²) < 4.78 is 29.0. The van der Waals surface area contributed by atoms with Gasteiger partial charge in [-0.05, 0) is 91.5 Å². The molecule has 2 bridgehead atoms. The fourth-order valence-electron chi connectivity index (χ4n) is 6.62. The minimum Gasteiger partial charge on any atom is -0.619 e. The summed E-state index contributed by atoms with van der Waals surface area (Å²) in [7, 11) is 4.60. The zero-order chi connectivity index (χ0) is 36.1. The van der Waals surface area contributed by atoms with Gasteiger partial charge in [0.1, 0.15) is 28.0 Å². The molecule has 13 heteroatoms. The van der Waals surface area contributed by atoms with Crippen LogP contribution >= 0.6 is 23.2 Å². The van der Waals surface area contributed by atoms with Crippen molar-refractivity contribution >= 4 is 40.8 Å². The highest BCUT2D eigenvalue weighted by Crippen LogP contribution is 2.36. The molecular formula is C38H39Cl2N3O8. The van der Waals surface area contributed by atoms with E-state index >= 15 is 0 Å². The fraction of sp³-hybridized carbons (Fsp3) is 0.342. The van der Waals surface area contributed by atoms with Crippen LogP contribution < -0.4 is 24.3 Å². The van der Waals surface area contributed by atoms with Crippen LogP contribution in [0.3, 0.4) is 0 Å². The van der Waals surface area contributed by atoms with E-state index in [9.17, 15) is 14.8 Å². The molecular weight excluding hydrogens is 697 g/mol. The molecule has 3 aliphatic heterocycles. The summed E-state index contributed by atoms with van der Waals surface area (Å²) in [6.07, 6.45) is 3.46. The van der Waals surface area contributed by atoms with E-state index in [-0.39, 0.29) is 34.1 Å². The number of hydrogen-bond acceptors (Lipinski definition) is 10. The molecule has 3 aromatic carbocycles. The second-order valence-corrected chi connectivity index (χ2v) is 13.4. The Hall–Kier alpha value is -4.71. The maximum absolute atomic E-state index is 13.8. The number of carbonyl (C=O) groups excluding carboxylic acids is 2. The molecule has 4 aromatic rings. The Kier molecular flexibility index (Phi) is 11.4. The van der Waals surface area contributed by atoms with Crippen LogP contribution in [0, 0.1) is 11.1 Å². The predicted octanol–water partition coefficient (Wildman–Crippen LogP) is 6.58. The number of nitrogens with zero attached hydrogens (tertiary/aromatic N) is 2. The molecule has 11 nitrogen and oxygen atoms in total. The van der Waals surface area contributed by atoms with Crippen molar-refractivity contribution < 1.29 is 38.0 Å². The van der Waals surface area contributed by atoms with Crippen LogP contribution in [0.25, 0.3) is 0 Å². The molecule has 7 rings (SSSR count). The largest absolute Gasteiger partial charge is 0.619 e. The summed E-state index contributed by atoms with van der Waals surface area (Å²) in [4.78, 5) is 29.7. The Morgan fingerprint density at radius 1 is 0.902 bits per heavy atom. The van der Waals surface area contributed by atoms with Crippen LogP contribution in [0.4, 0.5) is 5.69 Å². The molecule has 268 valence electrons. The maximum atomic E-state index is 13.8. The molecule has 51 heavy (non-hydrogen) atoms. The number of anilines is 1. The molecule has 0 saturated carbocycles. The van der Waals surface area contributed by atoms with Gasteiger partial charge in [0.2, 0.25) is 0 Å². The van der Waals surface area contributed by atoms with E-state index in [1.54, 1.807) is 55.6 Å². The molecule has 0 amide bonds. The summed E-state index contributed by atoms with van der Waals surface area (Å²) in [6, 6.07) is 18.3. The predicted molar refractivity (Wildman–Crippen MR) is 192 cm³/mol. The summed E-state index contributed by atoms with van der Waals surface area (Å²) in [5.74, 6) is 0.903. The molecule has 0 aliphatic carbocycles. The smallest absolute Gasteiger partial charge is 0.338 e. The number of esters is 2. The fourth-order valence-corrected chi connectivity index (χ4v) is 7.22. The Balaban J connectivity index is 1.22. The number of aromatic nitrogens is 1. The van der Waals surface area contributed by atoms with Crippen molar-refractivity contribution in [3.8, 4) is 17.2 Å². The molecule has 0 spiro atoms. The number of ether oxygens (including phenoxy) is 5. The van der Waals surface area contributed by atoms with Gasteiger partial charge in [-0.25, -0.2) is 9.59 Å². The summed E-state index contributed by atoms with van der Waals surface area (Å²) in [6.45, 7) is 2.81. The third-order valence-electron chi connectivity index (χ3n) is 9.43. The lowest BCUT2D eigenvalue weighted by molar-refractivity contribution is -0.605. The van der Waals surface area contributed by atoms with Crippen molar-refractivity contribution in [2.75, 3.05) is 46.3 Å². The lowest BCUT2D eigenvalue weighted by Crippen LogP contribution is -2.52. The van der Waals surface area contributed by atoms with Crippen LogP contribution in [0.1, 0.15) is 52.0 Å². The third-order valence-corrected chi connectivity index (χ3v) is 10.1. The normalized spacial score (nSPS) is 19.0. The van der Waals surface area contributed by atoms with Crippen molar-refractivity contribution in [1.82, 2.24) is 4.90 Å². The van der Waals surface area contributed by atoms with Crippen molar-refractivity contribution in [3.05, 3.63) is 117 Å². The molecule has 3 fully saturated rings. The van der Waals surface area contributed by atoms with Gasteiger partial charge in [-0.15, -0.1) is 0 Å². The number of piperidine rings is 3. The molecule has 0 radical (unpaired) electrons. The van der Waals surface area contributed by atoms with E-state index in [4.69, 9.17) is 46.9 Å². The minimum absolute atomic E-state index is 0.0727. The Morgan fingerprint density at radius 2 is 1.61 bits per heavy atom. The highest BCUT2D eigenvalue weighted by atomic mass is 35.5. The number of nitrogens with one attached hydrogen (secondary N) is 1. The van der Waals surface area contributed by atoms with E-state index in [1.165, 1.54) is 26.6 Å². The molecule has 3 atom stereocenters. The van der Waals surface area contributed by atoms with Crippen molar-refractivity contribution in [1.29, 1.82) is 0 Å². The first-order valence-corrected chi connectivity index (χ1v) is 17.3. The van der Waals surface area contributed by atoms with Crippen LogP contribution in [0.2, 0.25) is 10.0 Å². The van der Waals surface area contributed by atoms with Gasteiger partial charge in [0, 0.05) is 24.2 Å². The Labute approximate surface area is 306 Å². The van der Waals surface area contributed by atoms with Gasteiger partial charge in [0.15, 0.2) is 29.9 Å². The first-order chi connectivity index (χ1) is 24.6. The first-order valence-electron chi connectivity index (χ1n) is 16.6. The maximum Gasteiger partial charge on any atom is 0.338 e. The second kappa shape index (κ2) is 16.1. The van der Waals surface area contributed by atoms with Gasteiger partial charge in [0.05, 0.1) is 26.9 Å². The van der Waals surface area contributed by atoms with E-state index in [0.717, 1.165) is 32.5 Å². The number of methoxy groups -OCH3 is 3. The van der Waals surface area contributed by atoms with Crippen molar-refractivity contribution in [2.45, 2.75) is 37.5 Å². The standard InChI is InChI=1S/C38H39Cl2N3O8/c1-47-28-6-4-5-26(17-28)36(38(45)51-35-22-42-15-13-23(35)14-16-42)41-27-10-7-24(8-11-27)37(44)50-33(19-29-30(39)20-43(46)21-31(29)40)25-9-12-32(48-2)34(18-25)49-3/h4-12,17-18,20-21,23,33,35-36,41H,13-16,19,22H2,1-3H3/t33?,35-,36?/m0/s1. The van der Waals surface area contributed by atoms with Crippen LogP contribution in [0.5, 0.6) is 17.2 Å². The third kappa shape index (κ3) is 8.44. The lowest BCUT2D eigenvalue weighted by atomic mass is 9.86. The SMILES string of the molecule is COc1cccc(C(Nc2ccc(C(=O)OC(Cc3c(Cl)c[n+]([O-])cc3Cl)c3ccc(OC)c(OC)c3)cc2)C(=O)O[C@H]2CN3CCC2CC3)c1. The van der Waals surface area contributed by atoms with Gasteiger partial charge >= 0.3 is 11.9 Å². The minimum atomic E-state index is -0.869. The number of pyridine rings is 1. The molecule has 1 aromatic heterocycles. The molecule has 4 heterocycles. The first kappa shape index (κ1) is 36.1. The summed E-state index contributed by atoms with van der Waals surface area (Å²) in [5, 5.41) is 15.5. The topological polar surface area (TPSA) is 122 Å². The van der Waals surface area contributed by atoms with E-state index in [2.05, 4.69) is 10.2 Å². The van der Waals surface area contributed by atoms with Crippen molar-refractivity contribution in [3.63, 3.8) is 0 Å². The Morgan fingerprint density at radius 3 is 2.24 bits per heavy atom. The average Bonchev–Trinajstić information content (AvgIpc) is 3.15. The number of hydrogen-bond donors (Lipinski definition) is 1. The molecule has 3 aliphatic rings. The van der Waals surface area contributed by atoms with Crippen LogP contribution in [-0.4, -0.2) is 63.9 Å². The van der Waals surface area contributed by atoms with Crippen LogP contribution in [0.15, 0.2) is 79.1 Å². The molecule has 2 unspecified atom stereocenters. The average molecular weight is 737 g/mol. The number of carbonyl (C=O) groups is 2. The van der Waals surface area contributed by atoms with E-state index in [1.807, 2.05) is 18.2 Å². The highest BCUT2D eigenvalue weighted by Gasteiger charge is 2.38. The zero-order valence-corrected chi connectivity index (χ0v) is 30.0. The van der Waals surface area contributed by atoms with Gasteiger partial charge in [-0.3, -0.25) is 4.90 Å². The number of fused-ring (bicyclic) bond motifs is 3. The highest BCUT2D eigenvalue weighted by molar-refractivity contribution is 6.35. The second-order valence-electron chi connectivity index (χ2n) is 12.5. The van der Waals surface area contributed by atoms with E-state index in [0.29, 0.717) is 50.3 Å². The van der Waals surface area contributed by atoms with Gasteiger partial charge in [-0.1, -0.05) is 41.4 Å². The van der Waals surface area contributed by atoms with Crippen LogP contribution in [-0.2, 0) is 20.7 Å². The van der Waals surface area contributed by atoms with Gasteiger partial charge in [-0.2, -0.15) is 4.73 Å². The van der Waals surface area contributed by atoms with Gasteiger partial charge in [0.25, 0.3) is 0 Å². The summed E-state index contributed by atoms with van der Waals surface area (Å²) >= 11 is 12.8. The summed E-state index contributed by atoms with van der Waals surface area (Å²) in [5.41, 5.74) is 2.57. The van der Waals surface area contributed by atoms with Crippen molar-refractivity contribution in [2.24, 2.45) is 5.92 Å². The Bertz CT molecular complexity index is 1840. The number of halogens is 2. The monoisotopic (exact) mass is 735 g/mol. The molecule has 1 N–H and O–H groups in total.